The molecule has 1 aromatic heterocycles. The molecule has 3 aliphatic rings. The number of likely N-dealkylation sites (N-methyl/N-ethyl adjacent to an activating group) is 1. The Labute approximate surface area is 240 Å². The van der Waals surface area contributed by atoms with Crippen LogP contribution >= 0.6 is 11.8 Å². The van der Waals surface area contributed by atoms with Crippen LogP contribution in [0.3, 0.4) is 0 Å². The summed E-state index contributed by atoms with van der Waals surface area (Å²) in [6.45, 7) is 12.3. The predicted molar refractivity (Wildman–Crippen MR) is 157 cm³/mol. The lowest BCUT2D eigenvalue weighted by atomic mass is 9.82. The maximum atomic E-state index is 13.8. The van der Waals surface area contributed by atoms with Crippen LogP contribution in [-0.2, 0) is 18.4 Å². The molecular weight excluding hydrogens is 526 g/mol. The molecule has 40 heavy (non-hydrogen) atoms. The number of amides is 3. The van der Waals surface area contributed by atoms with E-state index in [-0.39, 0.29) is 17.9 Å². The third-order valence-corrected chi connectivity index (χ3v) is 9.75. The number of likely N-dealkylation sites (tertiary alicyclic amines) is 1. The zero-order valence-electron chi connectivity index (χ0n) is 24.3. The number of rotatable bonds is 7. The van der Waals surface area contributed by atoms with Gasteiger partial charge in [-0.3, -0.25) is 14.4 Å². The Balaban J connectivity index is 1.38. The summed E-state index contributed by atoms with van der Waals surface area (Å²) >= 11 is 1.50. The normalized spacial score (nSPS) is 19.8. The highest BCUT2D eigenvalue weighted by Crippen LogP contribution is 2.49. The number of carbonyl (C=O) groups excluding carboxylic acids is 2. The molecule has 10 heteroatoms. The van der Waals surface area contributed by atoms with Crippen molar-refractivity contribution in [2.75, 3.05) is 39.6 Å². The van der Waals surface area contributed by atoms with Gasteiger partial charge >= 0.3 is 6.03 Å². The molecule has 2 aromatic rings. The topological polar surface area (TPSA) is 80.1 Å². The fraction of sp³-hybridized carbons (Fsp3) is 0.500. The summed E-state index contributed by atoms with van der Waals surface area (Å²) in [5.74, 6) is 1.98. The van der Waals surface area contributed by atoms with Gasteiger partial charge in [0.2, 0.25) is 5.91 Å². The Hall–Kier alpha value is -3.40. The molecule has 0 radical (unpaired) electrons. The lowest BCUT2D eigenvalue weighted by Crippen LogP contribution is -2.55. The van der Waals surface area contributed by atoms with Crippen LogP contribution in [0.2, 0.25) is 0 Å². The van der Waals surface area contributed by atoms with E-state index in [9.17, 15) is 9.59 Å². The summed E-state index contributed by atoms with van der Waals surface area (Å²) in [4.78, 5) is 33.0. The summed E-state index contributed by atoms with van der Waals surface area (Å²) in [5, 5.41) is 5.42. The number of fused-ring (bicyclic) bond motifs is 3. The van der Waals surface area contributed by atoms with Gasteiger partial charge in [0.05, 0.1) is 37.8 Å². The molecule has 0 aliphatic carbocycles. The van der Waals surface area contributed by atoms with Crippen LogP contribution in [0, 0.1) is 6.92 Å². The third-order valence-electron chi connectivity index (χ3n) is 8.60. The highest BCUT2D eigenvalue weighted by atomic mass is 32.2. The number of urea groups is 1. The largest absolute Gasteiger partial charge is 0.497 e. The van der Waals surface area contributed by atoms with Crippen LogP contribution in [0.5, 0.6) is 11.5 Å². The monoisotopic (exact) mass is 565 g/mol. The van der Waals surface area contributed by atoms with Crippen molar-refractivity contribution < 1.29 is 19.1 Å². The quantitative estimate of drug-likeness (QED) is 0.449. The number of ether oxygens (including phenoxy) is 2. The molecular formula is C30H39N5O4S. The SMILES string of the molecule is C=Cc1c(C)nn(C)c1SCC(=O)N1CCC2(CC1)C1=C[C@H](C)c3c(cc(OC)cc3OC)CN1C(=O)N2CC. The van der Waals surface area contributed by atoms with Crippen molar-refractivity contribution in [3.63, 3.8) is 0 Å². The number of nitrogens with zero attached hydrogens (tertiary/aromatic N) is 5. The van der Waals surface area contributed by atoms with Gasteiger partial charge < -0.3 is 19.3 Å². The van der Waals surface area contributed by atoms with E-state index in [4.69, 9.17) is 9.47 Å². The molecule has 3 aliphatic heterocycles. The zero-order chi connectivity index (χ0) is 28.8. The summed E-state index contributed by atoms with van der Waals surface area (Å²) in [6, 6.07) is 3.95. The van der Waals surface area contributed by atoms with Gasteiger partial charge in [-0.2, -0.15) is 5.10 Å². The number of aryl methyl sites for hydroxylation is 2. The van der Waals surface area contributed by atoms with Crippen LogP contribution in [-0.4, -0.2) is 81.6 Å². The van der Waals surface area contributed by atoms with E-state index in [1.54, 1.807) is 20.3 Å². The molecule has 2 fully saturated rings. The first-order chi connectivity index (χ1) is 19.2. The molecule has 0 unspecified atom stereocenters. The van der Waals surface area contributed by atoms with Crippen LogP contribution < -0.4 is 9.47 Å². The number of aromatic nitrogens is 2. The van der Waals surface area contributed by atoms with Gasteiger partial charge in [-0.15, -0.1) is 0 Å². The molecule has 1 aromatic carbocycles. The molecule has 4 heterocycles. The Morgan fingerprint density at radius 2 is 1.98 bits per heavy atom. The van der Waals surface area contributed by atoms with Gasteiger partial charge in [0, 0.05) is 55.5 Å². The molecule has 9 nitrogen and oxygen atoms in total. The highest BCUT2D eigenvalue weighted by molar-refractivity contribution is 8.00. The number of carbonyl (C=O) groups is 2. The zero-order valence-corrected chi connectivity index (χ0v) is 25.1. The van der Waals surface area contributed by atoms with Gasteiger partial charge in [0.1, 0.15) is 16.5 Å². The Kier molecular flexibility index (Phi) is 7.65. The summed E-state index contributed by atoms with van der Waals surface area (Å²) in [7, 11) is 5.21. The minimum Gasteiger partial charge on any atom is -0.497 e. The lowest BCUT2D eigenvalue weighted by molar-refractivity contribution is -0.130. The first-order valence-corrected chi connectivity index (χ1v) is 14.8. The van der Waals surface area contributed by atoms with Gasteiger partial charge in [0.15, 0.2) is 0 Å². The van der Waals surface area contributed by atoms with E-state index in [1.165, 1.54) is 11.8 Å². The Morgan fingerprint density at radius 1 is 1.25 bits per heavy atom. The van der Waals surface area contributed by atoms with Crippen molar-refractivity contribution in [2.45, 2.75) is 56.6 Å². The third kappa shape index (κ3) is 4.46. The summed E-state index contributed by atoms with van der Waals surface area (Å²) in [5.41, 5.74) is 4.62. The molecule has 0 bridgehead atoms. The lowest BCUT2D eigenvalue weighted by Gasteiger charge is -2.44. The van der Waals surface area contributed by atoms with E-state index in [0.29, 0.717) is 50.5 Å². The van der Waals surface area contributed by atoms with E-state index >= 15 is 0 Å². The average molecular weight is 566 g/mol. The second kappa shape index (κ2) is 10.9. The number of allylic oxidation sites excluding steroid dienone is 1. The number of thioether (sulfide) groups is 1. The first kappa shape index (κ1) is 28.1. The van der Waals surface area contributed by atoms with Crippen LogP contribution in [0.25, 0.3) is 6.08 Å². The molecule has 1 spiro atoms. The number of benzene rings is 1. The van der Waals surface area contributed by atoms with Crippen LogP contribution in [0.1, 0.15) is 55.0 Å². The van der Waals surface area contributed by atoms with E-state index < -0.39 is 5.54 Å². The van der Waals surface area contributed by atoms with Crippen molar-refractivity contribution in [1.29, 1.82) is 0 Å². The minimum atomic E-state index is -0.432. The number of piperidine rings is 1. The van der Waals surface area contributed by atoms with E-state index in [0.717, 1.165) is 38.9 Å². The Bertz CT molecular complexity index is 1370. The van der Waals surface area contributed by atoms with Gasteiger partial charge in [-0.1, -0.05) is 37.4 Å². The first-order valence-electron chi connectivity index (χ1n) is 13.8. The van der Waals surface area contributed by atoms with Crippen molar-refractivity contribution in [2.24, 2.45) is 7.05 Å². The van der Waals surface area contributed by atoms with Crippen molar-refractivity contribution in [3.05, 3.63) is 52.9 Å². The molecule has 1 atom stereocenters. The summed E-state index contributed by atoms with van der Waals surface area (Å²) < 4.78 is 13.1. The second-order valence-corrected chi connectivity index (χ2v) is 11.7. The molecule has 0 saturated carbocycles. The van der Waals surface area contributed by atoms with Crippen LogP contribution in [0.4, 0.5) is 4.79 Å². The smallest absolute Gasteiger partial charge is 0.325 e. The maximum Gasteiger partial charge on any atom is 0.325 e. The van der Waals surface area contributed by atoms with Gasteiger partial charge in [-0.25, -0.2) is 4.79 Å². The molecule has 3 amide bonds. The standard InChI is InChI=1S/C30H39N5O4S/c1-8-23-20(4)31-32(5)28(23)40-18-26(36)33-12-10-30(11-13-33)25-14-19(3)27-21(15-22(38-6)16-24(27)39-7)17-34(25)29(37)35(30)9-2/h8,14-16,19H,1,9-13,17-18H2,2-7H3/t19-/m0/s1. The molecule has 214 valence electrons. The fourth-order valence-corrected chi connectivity index (χ4v) is 7.73. The predicted octanol–water partition coefficient (Wildman–Crippen LogP) is 4.80. The number of hydrogen-bond donors (Lipinski definition) is 0. The second-order valence-electron chi connectivity index (χ2n) is 10.7. The average Bonchev–Trinajstić information content (AvgIpc) is 3.26. The van der Waals surface area contributed by atoms with E-state index in [1.807, 2.05) is 52.4 Å². The highest BCUT2D eigenvalue weighted by Gasteiger charge is 2.55. The van der Waals surface area contributed by atoms with Gasteiger partial charge in [-0.05, 0) is 38.3 Å². The summed E-state index contributed by atoms with van der Waals surface area (Å²) in [6.07, 6.45) is 5.45. The maximum absolute atomic E-state index is 13.8. The Morgan fingerprint density at radius 3 is 2.60 bits per heavy atom. The fourth-order valence-electron chi connectivity index (χ4n) is 6.67. The van der Waals surface area contributed by atoms with Crippen molar-refractivity contribution >= 4 is 29.8 Å². The number of hydrogen-bond acceptors (Lipinski definition) is 6. The molecule has 0 N–H and O–H groups in total. The number of methoxy groups -OCH3 is 2. The van der Waals surface area contributed by atoms with Gasteiger partial charge in [0.25, 0.3) is 0 Å². The molecule has 2 saturated heterocycles. The molecule has 5 rings (SSSR count). The van der Waals surface area contributed by atoms with E-state index in [2.05, 4.69) is 24.7 Å². The minimum absolute atomic E-state index is 0.0226. The van der Waals surface area contributed by atoms with Crippen LogP contribution in [0.15, 0.2) is 35.5 Å². The van der Waals surface area contributed by atoms with Crippen molar-refractivity contribution in [1.82, 2.24) is 24.5 Å². The van der Waals surface area contributed by atoms with Crippen molar-refractivity contribution in [3.8, 4) is 11.5 Å².